The molecule has 4 bridgehead atoms. The van der Waals surface area contributed by atoms with Gasteiger partial charge in [-0.05, 0) is 68.4 Å². The molecule has 1 aromatic heterocycles. The third-order valence-corrected chi connectivity index (χ3v) is 9.17. The standard InChI is InChI=1S/C25H35N5O3/c31-22-18-12-17-13-21(22)25(14-17,15-18)23(32)27-19-2-1-7-30(16-19)24(33)29-10-8-28(9-11-29)20-3-5-26-6-4-20/h3-6,17-19,21-22,31H,1-2,7-16H2,(H,27,32)/t17?,18?,19-,21?,22?,25?/m0/s1. The SMILES string of the molecule is O=C(N1CCN(c2ccncc2)CC1)N1CCC[C@H](NC(=O)C23CC4CC(C2)C(O)C3C4)C1. The molecule has 0 spiro atoms. The van der Waals surface area contributed by atoms with E-state index in [4.69, 9.17) is 0 Å². The highest BCUT2D eigenvalue weighted by atomic mass is 16.3. The molecule has 4 aliphatic carbocycles. The number of carbonyl (C=O) groups excluding carboxylic acids is 2. The zero-order valence-corrected chi connectivity index (χ0v) is 19.2. The molecule has 8 nitrogen and oxygen atoms in total. The van der Waals surface area contributed by atoms with Crippen molar-refractivity contribution in [1.82, 2.24) is 20.1 Å². The second kappa shape index (κ2) is 8.15. The Morgan fingerprint density at radius 1 is 1.03 bits per heavy atom. The number of piperidine rings is 1. The Bertz CT molecular complexity index is 905. The van der Waals surface area contributed by atoms with Gasteiger partial charge in [0.25, 0.3) is 0 Å². The number of pyridine rings is 1. The number of hydrogen-bond donors (Lipinski definition) is 2. The highest BCUT2D eigenvalue weighted by molar-refractivity contribution is 5.85. The predicted molar refractivity (Wildman–Crippen MR) is 124 cm³/mol. The molecule has 5 unspecified atom stereocenters. The minimum atomic E-state index is -0.359. The van der Waals surface area contributed by atoms with Gasteiger partial charge in [-0.3, -0.25) is 9.78 Å². The number of hydrogen-bond acceptors (Lipinski definition) is 5. The number of likely N-dealkylation sites (tertiary alicyclic amines) is 1. The van der Waals surface area contributed by atoms with Gasteiger partial charge in [0.15, 0.2) is 0 Å². The number of nitrogens with zero attached hydrogens (tertiary/aromatic N) is 4. The lowest BCUT2D eigenvalue weighted by molar-refractivity contribution is -0.134. The van der Waals surface area contributed by atoms with Gasteiger partial charge in [0.05, 0.1) is 11.5 Å². The van der Waals surface area contributed by atoms with Crippen LogP contribution in [0.2, 0.25) is 0 Å². The molecule has 8 heteroatoms. The number of rotatable bonds is 3. The lowest BCUT2D eigenvalue weighted by Gasteiger charge is -2.41. The summed E-state index contributed by atoms with van der Waals surface area (Å²) in [6.45, 7) is 4.40. The lowest BCUT2D eigenvalue weighted by Crippen LogP contribution is -2.58. The van der Waals surface area contributed by atoms with Gasteiger partial charge < -0.3 is 25.1 Å². The van der Waals surface area contributed by atoms with E-state index in [-0.39, 0.29) is 35.4 Å². The van der Waals surface area contributed by atoms with Crippen LogP contribution in [0.1, 0.15) is 38.5 Å². The fraction of sp³-hybridized carbons (Fsp3) is 0.720. The third kappa shape index (κ3) is 3.57. The van der Waals surface area contributed by atoms with Gasteiger partial charge in [0.2, 0.25) is 5.91 Å². The number of anilines is 1. The molecular formula is C25H35N5O3. The Kier molecular flexibility index (Phi) is 5.24. The van der Waals surface area contributed by atoms with Crippen molar-refractivity contribution >= 4 is 17.6 Å². The fourth-order valence-corrected chi connectivity index (χ4v) is 7.65. The van der Waals surface area contributed by atoms with E-state index >= 15 is 0 Å². The van der Waals surface area contributed by atoms with Crippen molar-refractivity contribution in [1.29, 1.82) is 0 Å². The van der Waals surface area contributed by atoms with E-state index in [0.29, 0.717) is 31.5 Å². The van der Waals surface area contributed by atoms with Crippen LogP contribution in [0.5, 0.6) is 0 Å². The number of aliphatic hydroxyl groups excluding tert-OH is 1. The van der Waals surface area contributed by atoms with Crippen LogP contribution in [-0.4, -0.2) is 83.2 Å². The quantitative estimate of drug-likeness (QED) is 0.727. The first kappa shape index (κ1) is 21.2. The monoisotopic (exact) mass is 453 g/mol. The van der Waals surface area contributed by atoms with Crippen LogP contribution in [0.25, 0.3) is 0 Å². The molecule has 1 aromatic rings. The molecule has 2 saturated heterocycles. The summed E-state index contributed by atoms with van der Waals surface area (Å²) in [5, 5.41) is 14.0. The van der Waals surface area contributed by atoms with Crippen LogP contribution in [-0.2, 0) is 4.79 Å². The molecule has 6 atom stereocenters. The maximum Gasteiger partial charge on any atom is 0.320 e. The van der Waals surface area contributed by atoms with Crippen molar-refractivity contribution < 1.29 is 14.7 Å². The average molecular weight is 454 g/mol. The maximum atomic E-state index is 13.4. The predicted octanol–water partition coefficient (Wildman–Crippen LogP) is 1.70. The molecule has 2 aliphatic heterocycles. The highest BCUT2D eigenvalue weighted by Gasteiger charge is 2.65. The summed E-state index contributed by atoms with van der Waals surface area (Å²) < 4.78 is 0. The van der Waals surface area contributed by atoms with Gasteiger partial charge in [0.1, 0.15) is 0 Å². The van der Waals surface area contributed by atoms with Crippen LogP contribution in [0.15, 0.2) is 24.5 Å². The van der Waals surface area contributed by atoms with Gasteiger partial charge in [-0.25, -0.2) is 4.79 Å². The zero-order chi connectivity index (χ0) is 22.6. The van der Waals surface area contributed by atoms with Gasteiger partial charge in [-0.15, -0.1) is 0 Å². The van der Waals surface area contributed by atoms with Crippen molar-refractivity contribution in [3.05, 3.63) is 24.5 Å². The van der Waals surface area contributed by atoms with Gasteiger partial charge in [-0.2, -0.15) is 0 Å². The summed E-state index contributed by atoms with van der Waals surface area (Å²) in [7, 11) is 0. The van der Waals surface area contributed by atoms with E-state index in [0.717, 1.165) is 63.8 Å². The molecule has 3 heterocycles. The molecule has 178 valence electrons. The zero-order valence-electron chi connectivity index (χ0n) is 19.2. The Hall–Kier alpha value is -2.35. The van der Waals surface area contributed by atoms with E-state index in [1.165, 1.54) is 0 Å². The fourth-order valence-electron chi connectivity index (χ4n) is 7.65. The topological polar surface area (TPSA) is 89.0 Å². The molecule has 6 aliphatic rings. The van der Waals surface area contributed by atoms with E-state index in [2.05, 4.69) is 15.2 Å². The van der Waals surface area contributed by atoms with Crippen LogP contribution in [0.3, 0.4) is 0 Å². The number of aromatic nitrogens is 1. The average Bonchev–Trinajstić information content (AvgIpc) is 3.23. The van der Waals surface area contributed by atoms with Crippen molar-refractivity contribution in [2.75, 3.05) is 44.2 Å². The summed E-state index contributed by atoms with van der Waals surface area (Å²) in [5.41, 5.74) is 0.792. The van der Waals surface area contributed by atoms with Crippen LogP contribution in [0.4, 0.5) is 10.5 Å². The lowest BCUT2D eigenvalue weighted by atomic mass is 9.74. The number of carbonyl (C=O) groups is 2. The van der Waals surface area contributed by atoms with E-state index in [1.54, 1.807) is 12.4 Å². The number of amides is 3. The van der Waals surface area contributed by atoms with E-state index in [1.807, 2.05) is 21.9 Å². The van der Waals surface area contributed by atoms with Crippen LogP contribution >= 0.6 is 0 Å². The molecule has 4 saturated carbocycles. The first-order chi connectivity index (χ1) is 16.0. The van der Waals surface area contributed by atoms with Crippen molar-refractivity contribution in [2.24, 2.45) is 23.2 Å². The van der Waals surface area contributed by atoms with Crippen molar-refractivity contribution in [3.8, 4) is 0 Å². The Balaban J connectivity index is 1.04. The number of urea groups is 1. The maximum absolute atomic E-state index is 13.4. The molecule has 0 radical (unpaired) electrons. The van der Waals surface area contributed by atoms with E-state index < -0.39 is 0 Å². The number of piperazine rings is 1. The van der Waals surface area contributed by atoms with Gasteiger partial charge in [0, 0.05) is 63.4 Å². The van der Waals surface area contributed by atoms with Crippen LogP contribution in [0, 0.1) is 23.2 Å². The highest BCUT2D eigenvalue weighted by Crippen LogP contribution is 2.65. The summed E-state index contributed by atoms with van der Waals surface area (Å²) in [6, 6.07) is 4.13. The largest absolute Gasteiger partial charge is 0.393 e. The Morgan fingerprint density at radius 2 is 1.82 bits per heavy atom. The minimum Gasteiger partial charge on any atom is -0.393 e. The first-order valence-corrected chi connectivity index (χ1v) is 12.7. The third-order valence-electron chi connectivity index (χ3n) is 9.17. The van der Waals surface area contributed by atoms with E-state index in [9.17, 15) is 14.7 Å². The second-order valence-corrected chi connectivity index (χ2v) is 11.0. The first-order valence-electron chi connectivity index (χ1n) is 12.7. The molecule has 0 aromatic carbocycles. The molecule has 6 fully saturated rings. The smallest absolute Gasteiger partial charge is 0.320 e. The van der Waals surface area contributed by atoms with Gasteiger partial charge >= 0.3 is 6.03 Å². The van der Waals surface area contributed by atoms with Crippen molar-refractivity contribution in [2.45, 2.75) is 50.7 Å². The summed E-state index contributed by atoms with van der Waals surface area (Å²) in [5.74, 6) is 1.20. The molecule has 7 rings (SSSR count). The summed E-state index contributed by atoms with van der Waals surface area (Å²) in [4.78, 5) is 36.9. The normalized spacial score (nSPS) is 37.5. The Labute approximate surface area is 195 Å². The molecular weight excluding hydrogens is 418 g/mol. The number of aliphatic hydroxyl groups is 1. The molecule has 2 N–H and O–H groups in total. The molecule has 33 heavy (non-hydrogen) atoms. The second-order valence-electron chi connectivity index (χ2n) is 11.0. The van der Waals surface area contributed by atoms with Gasteiger partial charge in [-0.1, -0.05) is 0 Å². The van der Waals surface area contributed by atoms with Crippen molar-refractivity contribution in [3.63, 3.8) is 0 Å². The minimum absolute atomic E-state index is 0.0120. The summed E-state index contributed by atoms with van der Waals surface area (Å²) in [6.07, 6.45) is 9.02. The number of nitrogens with one attached hydrogen (secondary N) is 1. The summed E-state index contributed by atoms with van der Waals surface area (Å²) >= 11 is 0. The molecule has 3 amide bonds. The van der Waals surface area contributed by atoms with Crippen LogP contribution < -0.4 is 10.2 Å². The Morgan fingerprint density at radius 3 is 2.61 bits per heavy atom.